The van der Waals surface area contributed by atoms with Crippen molar-refractivity contribution >= 4 is 27.5 Å². The highest BCUT2D eigenvalue weighted by Gasteiger charge is 2.66. The highest BCUT2D eigenvalue weighted by Crippen LogP contribution is 2.69. The fraction of sp³-hybridized carbons (Fsp3) is 0.794. The highest BCUT2D eigenvalue weighted by atomic mass is 79.9. The molecule has 4 saturated carbocycles. The molecule has 222 valence electrons. The number of fused-ring (bicyclic) bond motifs is 6. The van der Waals surface area contributed by atoms with Gasteiger partial charge in [0.05, 0.1) is 18.3 Å². The van der Waals surface area contributed by atoms with Gasteiger partial charge >= 0.3 is 0 Å². The van der Waals surface area contributed by atoms with Crippen LogP contribution in [0.25, 0.3) is 0 Å². The summed E-state index contributed by atoms with van der Waals surface area (Å²) in [7, 11) is 1.90. The number of anilines is 1. The largest absolute Gasteiger partial charge is 0.393 e. The molecule has 2 N–H and O–H groups in total. The van der Waals surface area contributed by atoms with Gasteiger partial charge in [-0.05, 0) is 122 Å². The maximum Gasteiger partial charge on any atom is 0.227 e. The van der Waals surface area contributed by atoms with E-state index in [1.165, 1.54) is 12.0 Å². The molecule has 6 rings (SSSR count). The monoisotopic (exact) mass is 615 g/mol. The second-order valence-electron chi connectivity index (χ2n) is 14.5. The van der Waals surface area contributed by atoms with Crippen LogP contribution < -0.4 is 4.90 Å². The number of halogens is 1. The Morgan fingerprint density at radius 1 is 1.15 bits per heavy atom. The van der Waals surface area contributed by atoms with E-state index in [0.717, 1.165) is 74.5 Å². The third kappa shape index (κ3) is 4.53. The number of methoxy groups -OCH3 is 1. The van der Waals surface area contributed by atoms with Gasteiger partial charge in [-0.25, -0.2) is 0 Å². The zero-order chi connectivity index (χ0) is 28.4. The normalized spacial score (nSPS) is 43.0. The van der Waals surface area contributed by atoms with E-state index in [1.54, 1.807) is 0 Å². The first-order valence-corrected chi connectivity index (χ1v) is 16.9. The Morgan fingerprint density at radius 2 is 1.95 bits per heavy atom. The molecule has 0 unspecified atom stereocenters. The predicted molar refractivity (Wildman–Crippen MR) is 162 cm³/mol. The van der Waals surface area contributed by atoms with E-state index in [1.807, 2.05) is 18.1 Å². The van der Waals surface area contributed by atoms with Gasteiger partial charge in [0, 0.05) is 35.7 Å². The molecule has 0 radical (unpaired) electrons. The summed E-state index contributed by atoms with van der Waals surface area (Å²) in [5, 5.41) is 22.1. The number of ether oxygens (including phenoxy) is 1. The van der Waals surface area contributed by atoms with E-state index in [-0.39, 0.29) is 35.0 Å². The van der Waals surface area contributed by atoms with Gasteiger partial charge < -0.3 is 19.8 Å². The smallest absolute Gasteiger partial charge is 0.227 e. The molecule has 6 heteroatoms. The second-order valence-corrected chi connectivity index (χ2v) is 15.4. The molecule has 0 aromatic heterocycles. The Balaban J connectivity index is 1.20. The van der Waals surface area contributed by atoms with Crippen molar-refractivity contribution < 1.29 is 19.7 Å². The summed E-state index contributed by atoms with van der Waals surface area (Å²) in [6, 6.07) is 6.27. The lowest BCUT2D eigenvalue weighted by molar-refractivity contribution is -0.213. The Morgan fingerprint density at radius 3 is 2.70 bits per heavy atom. The number of benzene rings is 1. The summed E-state index contributed by atoms with van der Waals surface area (Å²) in [5.41, 5.74) is 2.54. The van der Waals surface area contributed by atoms with Crippen LogP contribution >= 0.6 is 15.9 Å². The van der Waals surface area contributed by atoms with Crippen LogP contribution in [-0.4, -0.2) is 48.1 Å². The van der Waals surface area contributed by atoms with Crippen molar-refractivity contribution in [3.8, 4) is 0 Å². The molecule has 0 bridgehead atoms. The van der Waals surface area contributed by atoms with Gasteiger partial charge in [-0.2, -0.15) is 0 Å². The maximum absolute atomic E-state index is 13.5. The van der Waals surface area contributed by atoms with Crippen LogP contribution in [0.3, 0.4) is 0 Å². The van der Waals surface area contributed by atoms with Crippen molar-refractivity contribution in [3.63, 3.8) is 0 Å². The zero-order valence-corrected chi connectivity index (χ0v) is 26.5. The van der Waals surface area contributed by atoms with Crippen LogP contribution in [0.5, 0.6) is 0 Å². The van der Waals surface area contributed by atoms with E-state index in [9.17, 15) is 15.0 Å². The first kappa shape index (κ1) is 29.1. The van der Waals surface area contributed by atoms with E-state index < -0.39 is 0 Å². The molecule has 0 saturated heterocycles. The fourth-order valence-corrected chi connectivity index (χ4v) is 11.5. The number of amides is 1. The molecule has 1 aliphatic heterocycles. The molecule has 4 fully saturated rings. The zero-order valence-electron chi connectivity index (χ0n) is 24.9. The average molecular weight is 617 g/mol. The first-order chi connectivity index (χ1) is 19.1. The van der Waals surface area contributed by atoms with Crippen molar-refractivity contribution in [2.75, 3.05) is 18.6 Å². The van der Waals surface area contributed by atoms with E-state index in [4.69, 9.17) is 4.74 Å². The van der Waals surface area contributed by atoms with Crippen molar-refractivity contribution in [2.24, 2.45) is 46.3 Å². The van der Waals surface area contributed by atoms with Gasteiger partial charge in [0.1, 0.15) is 0 Å². The van der Waals surface area contributed by atoms with Crippen molar-refractivity contribution in [1.82, 2.24) is 0 Å². The van der Waals surface area contributed by atoms with Crippen LogP contribution in [0.15, 0.2) is 22.7 Å². The minimum Gasteiger partial charge on any atom is -0.393 e. The fourth-order valence-electron chi connectivity index (χ4n) is 11.1. The molecule has 1 amide bonds. The average Bonchev–Trinajstić information content (AvgIpc) is 3.50. The predicted octanol–water partition coefficient (Wildman–Crippen LogP) is 6.76. The van der Waals surface area contributed by atoms with Crippen LogP contribution in [0.4, 0.5) is 5.69 Å². The molecule has 40 heavy (non-hydrogen) atoms. The van der Waals surface area contributed by atoms with Crippen LogP contribution in [0.1, 0.15) is 90.5 Å². The Hall–Kier alpha value is -0.950. The van der Waals surface area contributed by atoms with E-state index >= 15 is 0 Å². The van der Waals surface area contributed by atoms with Crippen molar-refractivity contribution in [2.45, 2.75) is 110 Å². The molecule has 1 heterocycles. The molecular formula is C34H50BrNO4. The summed E-state index contributed by atoms with van der Waals surface area (Å²) in [6.45, 7) is 8.03. The first-order valence-electron chi connectivity index (χ1n) is 16.1. The summed E-state index contributed by atoms with van der Waals surface area (Å²) >= 11 is 3.57. The third-order valence-corrected chi connectivity index (χ3v) is 13.6. The van der Waals surface area contributed by atoms with Gasteiger partial charge in [0.15, 0.2) is 0 Å². The van der Waals surface area contributed by atoms with Gasteiger partial charge in [-0.15, -0.1) is 0 Å². The quantitative estimate of drug-likeness (QED) is 0.371. The van der Waals surface area contributed by atoms with Gasteiger partial charge in [-0.3, -0.25) is 4.79 Å². The molecule has 5 aliphatic rings. The number of aliphatic hydroxyl groups is 2. The Bertz CT molecular complexity index is 1110. The standard InChI is InChI=1S/C34H50BrNO4/c1-5-20(6-11-31(39)36-15-13-21-16-23(35)7-10-28(21)36)25-8-9-26-32-27(19-30(40-4)34(25,26)3)33(2)14-12-24(37)17-22(33)18-29(32)38/h7,10,16,20,22,24-27,29-30,32,37-38H,5-6,8-9,11-15,17-19H2,1-4H3/t20-,22+,24-,25-,26+,27+,29-,30+,32+,33+,34-/m1/s1. The number of hydrogen-bond acceptors (Lipinski definition) is 4. The van der Waals surface area contributed by atoms with Crippen molar-refractivity contribution in [1.29, 1.82) is 0 Å². The number of hydrogen-bond donors (Lipinski definition) is 2. The van der Waals surface area contributed by atoms with E-state index in [2.05, 4.69) is 48.8 Å². The topological polar surface area (TPSA) is 70.0 Å². The lowest BCUT2D eigenvalue weighted by atomic mass is 9.43. The number of carbonyl (C=O) groups is 1. The summed E-state index contributed by atoms with van der Waals surface area (Å²) in [5.74, 6) is 2.87. The number of carbonyl (C=O) groups excluding carboxylic acids is 1. The van der Waals surface area contributed by atoms with Gasteiger partial charge in [0.25, 0.3) is 0 Å². The summed E-state index contributed by atoms with van der Waals surface area (Å²) < 4.78 is 7.48. The number of aliphatic hydroxyl groups excluding tert-OH is 2. The molecule has 1 aromatic carbocycles. The number of rotatable bonds is 6. The summed E-state index contributed by atoms with van der Waals surface area (Å²) in [6.07, 6.45) is 10.2. The Kier molecular flexibility index (Phi) is 7.98. The summed E-state index contributed by atoms with van der Waals surface area (Å²) in [4.78, 5) is 15.5. The van der Waals surface area contributed by atoms with E-state index in [0.29, 0.717) is 41.9 Å². The molecular weight excluding hydrogens is 566 g/mol. The lowest BCUT2D eigenvalue weighted by Gasteiger charge is -2.64. The highest BCUT2D eigenvalue weighted by molar-refractivity contribution is 9.10. The van der Waals surface area contributed by atoms with Gasteiger partial charge in [-0.1, -0.05) is 43.1 Å². The molecule has 5 nitrogen and oxygen atoms in total. The van der Waals surface area contributed by atoms with Gasteiger partial charge in [0.2, 0.25) is 5.91 Å². The SMILES string of the molecule is CC[C@H](CCC(=O)N1CCc2cc(Br)ccc21)[C@H]1CC[C@H]2[C@@H]3[C@H](O)C[C@@H]4C[C@H](O)CC[C@]4(C)[C@H]3C[C@H](OC)[C@]12C. The maximum atomic E-state index is 13.5. The van der Waals surface area contributed by atoms with Crippen molar-refractivity contribution in [3.05, 3.63) is 28.2 Å². The minimum absolute atomic E-state index is 0.0184. The third-order valence-electron chi connectivity index (χ3n) is 13.1. The lowest BCUT2D eigenvalue weighted by Crippen LogP contribution is -2.62. The molecule has 1 aromatic rings. The number of nitrogens with zero attached hydrogens (tertiary/aromatic N) is 1. The molecule has 11 atom stereocenters. The van der Waals surface area contributed by atoms with Crippen LogP contribution in [0.2, 0.25) is 0 Å². The second kappa shape index (κ2) is 11.0. The van der Waals surface area contributed by atoms with Crippen LogP contribution in [-0.2, 0) is 16.0 Å². The minimum atomic E-state index is -0.286. The Labute approximate surface area is 249 Å². The molecule has 0 spiro atoms. The van der Waals surface area contributed by atoms with Crippen LogP contribution in [0, 0.1) is 46.3 Å². The molecule has 4 aliphatic carbocycles.